The van der Waals surface area contributed by atoms with Gasteiger partial charge in [-0.3, -0.25) is 0 Å². The van der Waals surface area contributed by atoms with E-state index in [1.807, 2.05) is 0 Å². The molecule has 12 aromatic carbocycles. The van der Waals surface area contributed by atoms with E-state index < -0.39 is 5.41 Å². The van der Waals surface area contributed by atoms with Crippen molar-refractivity contribution in [2.24, 2.45) is 0 Å². The second-order valence-electron chi connectivity index (χ2n) is 18.4. The zero-order chi connectivity index (χ0) is 46.2. The normalized spacial score (nSPS) is 12.9. The van der Waals surface area contributed by atoms with Crippen LogP contribution in [0.15, 0.2) is 273 Å². The van der Waals surface area contributed by atoms with Crippen molar-refractivity contribution < 1.29 is 0 Å². The fourth-order valence-corrected chi connectivity index (χ4v) is 11.9. The van der Waals surface area contributed by atoms with Crippen molar-refractivity contribution in [1.29, 1.82) is 0 Å². The first-order valence-corrected chi connectivity index (χ1v) is 24.2. The summed E-state index contributed by atoms with van der Waals surface area (Å²) in [6.45, 7) is 0. The predicted molar refractivity (Wildman–Crippen MR) is 294 cm³/mol. The van der Waals surface area contributed by atoms with Crippen molar-refractivity contribution >= 4 is 83.5 Å². The van der Waals surface area contributed by atoms with Crippen LogP contribution in [-0.2, 0) is 5.41 Å². The highest BCUT2D eigenvalue weighted by Crippen LogP contribution is 2.65. The second-order valence-corrected chi connectivity index (χ2v) is 18.4. The van der Waals surface area contributed by atoms with Crippen LogP contribution >= 0.6 is 0 Å². The highest BCUT2D eigenvalue weighted by atomic mass is 15.2. The summed E-state index contributed by atoms with van der Waals surface area (Å²) in [7, 11) is 0. The van der Waals surface area contributed by atoms with E-state index in [9.17, 15) is 0 Å². The van der Waals surface area contributed by atoms with Crippen molar-refractivity contribution in [1.82, 2.24) is 0 Å². The Morgan fingerprint density at radius 2 is 0.729 bits per heavy atom. The van der Waals surface area contributed by atoms with Gasteiger partial charge in [0.05, 0.1) is 28.2 Å². The van der Waals surface area contributed by atoms with Gasteiger partial charge in [0.15, 0.2) is 0 Å². The zero-order valence-electron chi connectivity index (χ0n) is 38.3. The van der Waals surface area contributed by atoms with Crippen LogP contribution in [0.25, 0.3) is 43.4 Å². The van der Waals surface area contributed by atoms with Gasteiger partial charge in [-0.2, -0.15) is 0 Å². The molecule has 14 rings (SSSR count). The molecule has 3 nitrogen and oxygen atoms in total. The molecule has 328 valence electrons. The van der Waals surface area contributed by atoms with Gasteiger partial charge in [-0.15, -0.1) is 0 Å². The fraction of sp³-hybridized carbons (Fsp3) is 0.0149. The van der Waals surface area contributed by atoms with Gasteiger partial charge in [0, 0.05) is 39.2 Å². The van der Waals surface area contributed by atoms with E-state index >= 15 is 0 Å². The maximum atomic E-state index is 2.51. The van der Waals surface area contributed by atoms with Crippen molar-refractivity contribution in [3.63, 3.8) is 0 Å². The lowest BCUT2D eigenvalue weighted by atomic mass is 9.64. The lowest BCUT2D eigenvalue weighted by molar-refractivity contribution is 0.752. The van der Waals surface area contributed by atoms with E-state index in [-0.39, 0.29) is 0 Å². The Labute approximate surface area is 408 Å². The van der Waals surface area contributed by atoms with Crippen LogP contribution in [0, 0.1) is 0 Å². The number of fused-ring (bicyclic) bond motifs is 13. The molecular weight excluding hydrogens is 847 g/mol. The summed E-state index contributed by atoms with van der Waals surface area (Å²) in [5, 5.41) is 7.30. The van der Waals surface area contributed by atoms with Crippen LogP contribution < -0.4 is 14.7 Å². The number of para-hydroxylation sites is 5. The van der Waals surface area contributed by atoms with Crippen LogP contribution in [0.5, 0.6) is 0 Å². The average molecular weight is 892 g/mol. The van der Waals surface area contributed by atoms with Gasteiger partial charge in [0.2, 0.25) is 0 Å². The smallest absolute Gasteiger partial charge is 0.0755 e. The summed E-state index contributed by atoms with van der Waals surface area (Å²) in [6, 6.07) is 101. The average Bonchev–Trinajstić information content (AvgIpc) is 3.72. The highest BCUT2D eigenvalue weighted by Gasteiger charge is 2.52. The van der Waals surface area contributed by atoms with Gasteiger partial charge in [-0.05, 0) is 140 Å². The van der Waals surface area contributed by atoms with Crippen LogP contribution in [0.1, 0.15) is 22.3 Å². The Kier molecular flexibility index (Phi) is 9.11. The molecule has 1 aliphatic carbocycles. The monoisotopic (exact) mass is 891 g/mol. The van der Waals surface area contributed by atoms with E-state index in [4.69, 9.17) is 0 Å². The number of benzene rings is 12. The molecule has 1 spiro atoms. The van der Waals surface area contributed by atoms with E-state index in [1.165, 1.54) is 65.7 Å². The molecule has 0 amide bonds. The molecule has 70 heavy (non-hydrogen) atoms. The SMILES string of the molecule is c1ccc(N2c3ccccc3C3(c4cc(N(c5ccccc5)c5cccc6ccccc56)ccc4-c4ccc(N(c5ccccc5)c5cc6ccccc6c6ccccc56)cc43)c3ccccc32)cc1. The quantitative estimate of drug-likeness (QED) is 0.148. The number of hydrogen-bond acceptors (Lipinski definition) is 3. The van der Waals surface area contributed by atoms with E-state index in [0.717, 1.165) is 51.2 Å². The number of rotatable bonds is 7. The minimum Gasteiger partial charge on any atom is -0.310 e. The number of anilines is 9. The molecule has 0 saturated heterocycles. The van der Waals surface area contributed by atoms with Crippen molar-refractivity contribution in [2.45, 2.75) is 5.41 Å². The third-order valence-electron chi connectivity index (χ3n) is 14.8. The molecule has 0 atom stereocenters. The summed E-state index contributed by atoms with van der Waals surface area (Å²) in [6.07, 6.45) is 0. The minimum absolute atomic E-state index is 0.718. The third kappa shape index (κ3) is 5.95. The van der Waals surface area contributed by atoms with Crippen LogP contribution in [0.3, 0.4) is 0 Å². The Hall–Kier alpha value is -9.18. The van der Waals surface area contributed by atoms with Crippen LogP contribution in [0.2, 0.25) is 0 Å². The molecule has 1 heterocycles. The standard InChI is InChI=1S/C67H45N3/c1-4-24-48(25-5-1)68(63-38-20-23-46-21-10-13-31-54(46)63)51-39-41-56-57-42-40-52(69(49-26-6-2-7-27-49)66-43-47-22-11-12-30-53(47)55-32-14-15-33-58(55)66)45-62(57)67(61(56)44-51)59-34-16-18-36-64(59)70(50-28-8-3-9-29-50)65-37-19-17-35-60(65)67/h1-45H. The molecule has 0 fully saturated rings. The largest absolute Gasteiger partial charge is 0.310 e. The van der Waals surface area contributed by atoms with Gasteiger partial charge in [0.1, 0.15) is 0 Å². The molecule has 0 saturated carbocycles. The molecule has 0 aromatic heterocycles. The summed E-state index contributed by atoms with van der Waals surface area (Å²) < 4.78 is 0. The maximum Gasteiger partial charge on any atom is 0.0755 e. The van der Waals surface area contributed by atoms with E-state index in [2.05, 4.69) is 288 Å². The first-order valence-electron chi connectivity index (χ1n) is 24.2. The van der Waals surface area contributed by atoms with E-state index in [1.54, 1.807) is 0 Å². The second kappa shape index (κ2) is 16.0. The molecule has 0 unspecified atom stereocenters. The first kappa shape index (κ1) is 39.9. The zero-order valence-corrected chi connectivity index (χ0v) is 38.3. The van der Waals surface area contributed by atoms with Gasteiger partial charge < -0.3 is 14.7 Å². The highest BCUT2D eigenvalue weighted by molar-refractivity contribution is 6.15. The molecule has 0 N–H and O–H groups in total. The minimum atomic E-state index is -0.718. The molecule has 0 radical (unpaired) electrons. The molecule has 1 aliphatic heterocycles. The summed E-state index contributed by atoms with van der Waals surface area (Å²) in [4.78, 5) is 7.39. The first-order chi connectivity index (χ1) is 34.8. The summed E-state index contributed by atoms with van der Waals surface area (Å²) in [5.41, 5.74) is 16.9. The number of nitrogens with zero attached hydrogens (tertiary/aromatic N) is 3. The molecule has 3 heteroatoms. The van der Waals surface area contributed by atoms with Gasteiger partial charge >= 0.3 is 0 Å². The topological polar surface area (TPSA) is 9.72 Å². The van der Waals surface area contributed by atoms with Crippen molar-refractivity contribution in [2.75, 3.05) is 14.7 Å². The lowest BCUT2D eigenvalue weighted by Crippen LogP contribution is -2.36. The Balaban J connectivity index is 1.08. The van der Waals surface area contributed by atoms with Crippen LogP contribution in [0.4, 0.5) is 51.2 Å². The lowest BCUT2D eigenvalue weighted by Gasteiger charge is -2.45. The predicted octanol–water partition coefficient (Wildman–Crippen LogP) is 18.2. The van der Waals surface area contributed by atoms with Gasteiger partial charge in [-0.1, -0.05) is 188 Å². The summed E-state index contributed by atoms with van der Waals surface area (Å²) in [5.74, 6) is 0. The molecular formula is C67H45N3. The van der Waals surface area contributed by atoms with Crippen molar-refractivity contribution in [3.8, 4) is 11.1 Å². The fourth-order valence-electron chi connectivity index (χ4n) is 11.9. The van der Waals surface area contributed by atoms with Gasteiger partial charge in [-0.25, -0.2) is 0 Å². The van der Waals surface area contributed by atoms with E-state index in [0.29, 0.717) is 0 Å². The van der Waals surface area contributed by atoms with Crippen LogP contribution in [-0.4, -0.2) is 0 Å². The maximum absolute atomic E-state index is 2.51. The number of hydrogen-bond donors (Lipinski definition) is 0. The Bertz CT molecular complexity index is 3920. The molecule has 2 aliphatic rings. The van der Waals surface area contributed by atoms with Gasteiger partial charge in [0.25, 0.3) is 0 Å². The molecule has 12 aromatic rings. The third-order valence-corrected chi connectivity index (χ3v) is 14.8. The van der Waals surface area contributed by atoms with Crippen molar-refractivity contribution in [3.05, 3.63) is 295 Å². The molecule has 0 bridgehead atoms. The summed E-state index contributed by atoms with van der Waals surface area (Å²) >= 11 is 0. The Morgan fingerprint density at radius 1 is 0.271 bits per heavy atom. The Morgan fingerprint density at radius 3 is 1.34 bits per heavy atom.